The first kappa shape index (κ1) is 16.8. The summed E-state index contributed by atoms with van der Waals surface area (Å²) < 4.78 is 9.73. The zero-order chi connectivity index (χ0) is 15.8. The van der Waals surface area contributed by atoms with E-state index in [1.807, 2.05) is 38.1 Å². The molecule has 1 aromatic carbocycles. The van der Waals surface area contributed by atoms with Crippen molar-refractivity contribution in [2.24, 2.45) is 5.92 Å². The highest BCUT2D eigenvalue weighted by molar-refractivity contribution is 5.94. The summed E-state index contributed by atoms with van der Waals surface area (Å²) >= 11 is 0. The van der Waals surface area contributed by atoms with Gasteiger partial charge in [0, 0.05) is 6.08 Å². The third-order valence-electron chi connectivity index (χ3n) is 2.96. The number of ether oxygens (including phenoxy) is 2. The van der Waals surface area contributed by atoms with Crippen molar-refractivity contribution in [3.05, 3.63) is 35.9 Å². The van der Waals surface area contributed by atoms with Gasteiger partial charge in [0.2, 0.25) is 5.91 Å². The van der Waals surface area contributed by atoms with E-state index in [1.54, 1.807) is 13.2 Å². The van der Waals surface area contributed by atoms with Crippen LogP contribution < -0.4 is 10.1 Å². The van der Waals surface area contributed by atoms with Crippen LogP contribution in [0.15, 0.2) is 30.3 Å². The molecule has 1 N–H and O–H groups in total. The summed E-state index contributed by atoms with van der Waals surface area (Å²) in [5, 5.41) is 2.63. The average Bonchev–Trinajstić information content (AvgIpc) is 2.50. The number of methoxy groups -OCH3 is 2. The van der Waals surface area contributed by atoms with Crippen LogP contribution in [-0.2, 0) is 14.3 Å². The molecular weight excluding hydrogens is 270 g/mol. The fraction of sp³-hybridized carbons (Fsp3) is 0.375. The number of nitrogens with one attached hydrogen (secondary N) is 1. The van der Waals surface area contributed by atoms with E-state index in [4.69, 9.17) is 4.74 Å². The Morgan fingerprint density at radius 2 is 1.76 bits per heavy atom. The average molecular weight is 291 g/mol. The fourth-order valence-electron chi connectivity index (χ4n) is 1.71. The molecule has 1 amide bonds. The van der Waals surface area contributed by atoms with Crippen LogP contribution in [0.2, 0.25) is 0 Å². The normalized spacial score (nSPS) is 12.2. The van der Waals surface area contributed by atoms with E-state index in [-0.39, 0.29) is 11.8 Å². The van der Waals surface area contributed by atoms with Crippen molar-refractivity contribution >= 4 is 18.0 Å². The van der Waals surface area contributed by atoms with Crippen LogP contribution in [0.3, 0.4) is 0 Å². The van der Waals surface area contributed by atoms with E-state index in [9.17, 15) is 9.59 Å². The van der Waals surface area contributed by atoms with Gasteiger partial charge in [0.05, 0.1) is 14.2 Å². The molecule has 114 valence electrons. The summed E-state index contributed by atoms with van der Waals surface area (Å²) in [7, 11) is 2.90. The van der Waals surface area contributed by atoms with Gasteiger partial charge in [-0.2, -0.15) is 0 Å². The zero-order valence-corrected chi connectivity index (χ0v) is 12.8. The van der Waals surface area contributed by atoms with E-state index < -0.39 is 12.0 Å². The van der Waals surface area contributed by atoms with Crippen LogP contribution in [0.4, 0.5) is 0 Å². The first-order valence-corrected chi connectivity index (χ1v) is 6.68. The maximum Gasteiger partial charge on any atom is 0.328 e. The lowest BCUT2D eigenvalue weighted by Gasteiger charge is -2.18. The number of hydrogen-bond donors (Lipinski definition) is 1. The molecule has 0 spiro atoms. The van der Waals surface area contributed by atoms with Crippen molar-refractivity contribution in [3.8, 4) is 5.75 Å². The Morgan fingerprint density at radius 1 is 1.14 bits per heavy atom. The Labute approximate surface area is 124 Å². The van der Waals surface area contributed by atoms with Crippen molar-refractivity contribution in [1.82, 2.24) is 5.32 Å². The highest BCUT2D eigenvalue weighted by atomic mass is 16.5. The Balaban J connectivity index is 2.66. The molecule has 0 saturated heterocycles. The monoisotopic (exact) mass is 291 g/mol. The van der Waals surface area contributed by atoms with Gasteiger partial charge in [0.15, 0.2) is 0 Å². The number of carbonyl (C=O) groups excluding carboxylic acids is 2. The quantitative estimate of drug-likeness (QED) is 0.643. The van der Waals surface area contributed by atoms with Gasteiger partial charge in [-0.25, -0.2) is 4.79 Å². The lowest BCUT2D eigenvalue weighted by atomic mass is 10.0. The predicted octanol–water partition coefficient (Wildman–Crippen LogP) is 2.02. The van der Waals surface area contributed by atoms with Crippen molar-refractivity contribution in [2.75, 3.05) is 14.2 Å². The molecule has 1 unspecified atom stereocenters. The topological polar surface area (TPSA) is 64.6 Å². The molecule has 21 heavy (non-hydrogen) atoms. The van der Waals surface area contributed by atoms with Crippen molar-refractivity contribution < 1.29 is 19.1 Å². The molecule has 0 radical (unpaired) electrons. The van der Waals surface area contributed by atoms with E-state index in [2.05, 4.69) is 10.1 Å². The maximum absolute atomic E-state index is 11.8. The van der Waals surface area contributed by atoms with Crippen molar-refractivity contribution in [3.63, 3.8) is 0 Å². The maximum atomic E-state index is 11.8. The van der Waals surface area contributed by atoms with Gasteiger partial charge in [-0.1, -0.05) is 26.0 Å². The summed E-state index contributed by atoms with van der Waals surface area (Å²) in [4.78, 5) is 23.4. The smallest absolute Gasteiger partial charge is 0.328 e. The van der Waals surface area contributed by atoms with Crippen LogP contribution in [0.5, 0.6) is 5.75 Å². The predicted molar refractivity (Wildman–Crippen MR) is 80.8 cm³/mol. The molecule has 0 aromatic heterocycles. The molecule has 0 heterocycles. The largest absolute Gasteiger partial charge is 0.497 e. The van der Waals surface area contributed by atoms with E-state index in [1.165, 1.54) is 13.2 Å². The summed E-state index contributed by atoms with van der Waals surface area (Å²) in [6.45, 7) is 3.68. The zero-order valence-electron chi connectivity index (χ0n) is 12.8. The second-order valence-electron chi connectivity index (χ2n) is 4.86. The number of hydrogen-bond acceptors (Lipinski definition) is 4. The molecular formula is C16H21NO4. The van der Waals surface area contributed by atoms with Crippen LogP contribution in [-0.4, -0.2) is 32.1 Å². The Hall–Kier alpha value is -2.30. The third-order valence-corrected chi connectivity index (χ3v) is 2.96. The summed E-state index contributed by atoms with van der Waals surface area (Å²) in [5.74, 6) is -0.0796. The van der Waals surface area contributed by atoms with Crippen molar-refractivity contribution in [2.45, 2.75) is 19.9 Å². The highest BCUT2D eigenvalue weighted by Gasteiger charge is 2.23. The van der Waals surface area contributed by atoms with Crippen LogP contribution in [0.25, 0.3) is 6.08 Å². The summed E-state index contributed by atoms with van der Waals surface area (Å²) in [6.07, 6.45) is 3.06. The SMILES string of the molecule is COC(=O)C(NC(=O)C=Cc1ccc(OC)cc1)C(C)C. The molecule has 0 fully saturated rings. The van der Waals surface area contributed by atoms with Gasteiger partial charge in [0.25, 0.3) is 0 Å². The lowest BCUT2D eigenvalue weighted by molar-refractivity contribution is -0.145. The molecule has 5 heteroatoms. The highest BCUT2D eigenvalue weighted by Crippen LogP contribution is 2.12. The lowest BCUT2D eigenvalue weighted by Crippen LogP contribution is -2.44. The molecule has 5 nitrogen and oxygen atoms in total. The van der Waals surface area contributed by atoms with Gasteiger partial charge >= 0.3 is 5.97 Å². The first-order valence-electron chi connectivity index (χ1n) is 6.68. The van der Waals surface area contributed by atoms with E-state index in [0.717, 1.165) is 11.3 Å². The van der Waals surface area contributed by atoms with Gasteiger partial charge in [0.1, 0.15) is 11.8 Å². The molecule has 1 atom stereocenters. The minimum absolute atomic E-state index is 0.0456. The molecule has 0 bridgehead atoms. The number of benzene rings is 1. The molecule has 0 aliphatic rings. The second-order valence-corrected chi connectivity index (χ2v) is 4.86. The molecule has 0 saturated carbocycles. The van der Waals surface area contributed by atoms with Gasteiger partial charge in [-0.05, 0) is 29.7 Å². The van der Waals surface area contributed by atoms with E-state index in [0.29, 0.717) is 0 Å². The van der Waals surface area contributed by atoms with Crippen molar-refractivity contribution in [1.29, 1.82) is 0 Å². The van der Waals surface area contributed by atoms with Crippen LogP contribution in [0, 0.1) is 5.92 Å². The Kier molecular flexibility index (Phi) is 6.46. The standard InChI is InChI=1S/C16H21NO4/c1-11(2)15(16(19)21-4)17-14(18)10-7-12-5-8-13(20-3)9-6-12/h5-11,15H,1-4H3,(H,17,18). The van der Waals surface area contributed by atoms with Gasteiger partial charge in [-0.3, -0.25) is 4.79 Å². The third kappa shape index (κ3) is 5.30. The van der Waals surface area contributed by atoms with Crippen LogP contribution >= 0.6 is 0 Å². The minimum Gasteiger partial charge on any atom is -0.497 e. The number of esters is 1. The van der Waals surface area contributed by atoms with Gasteiger partial charge < -0.3 is 14.8 Å². The Bertz CT molecular complexity index is 506. The first-order chi connectivity index (χ1) is 9.97. The Morgan fingerprint density at radius 3 is 2.24 bits per heavy atom. The fourth-order valence-corrected chi connectivity index (χ4v) is 1.71. The van der Waals surface area contributed by atoms with Crippen LogP contribution in [0.1, 0.15) is 19.4 Å². The molecule has 0 aliphatic heterocycles. The summed E-state index contributed by atoms with van der Waals surface area (Å²) in [6, 6.07) is 6.64. The summed E-state index contributed by atoms with van der Waals surface area (Å²) in [5.41, 5.74) is 0.866. The van der Waals surface area contributed by atoms with Gasteiger partial charge in [-0.15, -0.1) is 0 Å². The second kappa shape index (κ2) is 8.09. The number of rotatable bonds is 6. The molecule has 1 aromatic rings. The minimum atomic E-state index is -0.650. The number of carbonyl (C=O) groups is 2. The number of amides is 1. The van der Waals surface area contributed by atoms with E-state index >= 15 is 0 Å². The molecule has 1 rings (SSSR count). The molecule has 0 aliphatic carbocycles.